The fourth-order valence-corrected chi connectivity index (χ4v) is 2.69. The molecule has 0 fully saturated rings. The molecule has 1 aliphatic heterocycles. The normalized spacial score (nSPS) is 30.1. The zero-order valence-electron chi connectivity index (χ0n) is 11.0. The van der Waals surface area contributed by atoms with Crippen LogP contribution in [0.3, 0.4) is 0 Å². The van der Waals surface area contributed by atoms with E-state index in [4.69, 9.17) is 4.74 Å². The van der Waals surface area contributed by atoms with Gasteiger partial charge < -0.3 is 4.74 Å². The van der Waals surface area contributed by atoms with Crippen LogP contribution < -0.4 is 0 Å². The summed E-state index contributed by atoms with van der Waals surface area (Å²) < 4.78 is 5.39. The van der Waals surface area contributed by atoms with Crippen molar-refractivity contribution in [3.05, 3.63) is 48.0 Å². The Balaban J connectivity index is 1.94. The Morgan fingerprint density at radius 3 is 2.79 bits per heavy atom. The lowest BCUT2D eigenvalue weighted by Crippen LogP contribution is -2.38. The molecule has 0 spiro atoms. The summed E-state index contributed by atoms with van der Waals surface area (Å²) in [7, 11) is 0. The van der Waals surface area contributed by atoms with Crippen LogP contribution in [0.4, 0.5) is 0 Å². The van der Waals surface area contributed by atoms with E-state index >= 15 is 0 Å². The molecule has 1 aromatic carbocycles. The van der Waals surface area contributed by atoms with Gasteiger partial charge in [0.05, 0.1) is 0 Å². The predicted molar refractivity (Wildman–Crippen MR) is 74.0 cm³/mol. The molecule has 19 heavy (non-hydrogen) atoms. The number of benzene rings is 1. The SMILES string of the molecule is CC1(C2C=CCCC2)N=C(c2ccccc2)OC1=O. The minimum Gasteiger partial charge on any atom is -0.405 e. The first kappa shape index (κ1) is 12.2. The van der Waals surface area contributed by atoms with Crippen molar-refractivity contribution in [1.82, 2.24) is 0 Å². The number of nitrogens with zero attached hydrogens (tertiary/aromatic N) is 1. The van der Waals surface area contributed by atoms with E-state index in [-0.39, 0.29) is 11.9 Å². The largest absolute Gasteiger partial charge is 0.405 e. The number of allylic oxidation sites excluding steroid dienone is 1. The Bertz CT molecular complexity index is 547. The van der Waals surface area contributed by atoms with Crippen LogP contribution in [0, 0.1) is 5.92 Å². The van der Waals surface area contributed by atoms with Crippen molar-refractivity contribution in [3.63, 3.8) is 0 Å². The van der Waals surface area contributed by atoms with Crippen LogP contribution in [-0.2, 0) is 9.53 Å². The Labute approximate surface area is 113 Å². The van der Waals surface area contributed by atoms with Crippen LogP contribution >= 0.6 is 0 Å². The van der Waals surface area contributed by atoms with Gasteiger partial charge in [-0.25, -0.2) is 9.79 Å². The molecule has 3 rings (SSSR count). The van der Waals surface area contributed by atoms with E-state index in [1.54, 1.807) is 0 Å². The van der Waals surface area contributed by atoms with Crippen LogP contribution in [-0.4, -0.2) is 17.4 Å². The van der Waals surface area contributed by atoms with Gasteiger partial charge in [0, 0.05) is 11.5 Å². The second kappa shape index (κ2) is 4.65. The molecule has 0 radical (unpaired) electrons. The summed E-state index contributed by atoms with van der Waals surface area (Å²) in [4.78, 5) is 16.8. The summed E-state index contributed by atoms with van der Waals surface area (Å²) in [5, 5.41) is 0. The molecule has 1 heterocycles. The van der Waals surface area contributed by atoms with Crippen LogP contribution in [0.5, 0.6) is 0 Å². The summed E-state index contributed by atoms with van der Waals surface area (Å²) in [5.74, 6) is 0.366. The van der Waals surface area contributed by atoms with Crippen LogP contribution in [0.15, 0.2) is 47.5 Å². The van der Waals surface area contributed by atoms with Gasteiger partial charge in [0.1, 0.15) is 0 Å². The molecule has 0 amide bonds. The van der Waals surface area contributed by atoms with Gasteiger partial charge in [0.25, 0.3) is 0 Å². The first-order chi connectivity index (χ1) is 9.20. The molecule has 3 nitrogen and oxygen atoms in total. The Hall–Kier alpha value is -1.90. The highest BCUT2D eigenvalue weighted by Gasteiger charge is 2.47. The topological polar surface area (TPSA) is 38.7 Å². The summed E-state index contributed by atoms with van der Waals surface area (Å²) in [6.45, 7) is 1.88. The number of carbonyl (C=O) groups is 1. The van der Waals surface area contributed by atoms with E-state index in [1.807, 2.05) is 37.3 Å². The maximum atomic E-state index is 12.2. The second-order valence-electron chi connectivity index (χ2n) is 5.29. The number of cyclic esters (lactones) is 1. The molecule has 2 aliphatic rings. The van der Waals surface area contributed by atoms with E-state index in [9.17, 15) is 4.79 Å². The highest BCUT2D eigenvalue weighted by atomic mass is 16.6. The fourth-order valence-electron chi connectivity index (χ4n) is 2.69. The standard InChI is InChI=1S/C16H17NO2/c1-16(13-10-6-3-7-11-13)15(18)19-14(17-16)12-8-4-2-5-9-12/h2,4-6,8-10,13H,3,7,11H2,1H3. The quantitative estimate of drug-likeness (QED) is 0.601. The van der Waals surface area contributed by atoms with Crippen molar-refractivity contribution < 1.29 is 9.53 Å². The number of rotatable bonds is 2. The Morgan fingerprint density at radius 2 is 2.11 bits per heavy atom. The molecule has 2 unspecified atom stereocenters. The fraction of sp³-hybridized carbons (Fsp3) is 0.375. The smallest absolute Gasteiger partial charge is 0.341 e. The van der Waals surface area contributed by atoms with Gasteiger partial charge in [-0.1, -0.05) is 30.4 Å². The molecular weight excluding hydrogens is 238 g/mol. The van der Waals surface area contributed by atoms with E-state index in [0.29, 0.717) is 5.90 Å². The predicted octanol–water partition coefficient (Wildman–Crippen LogP) is 3.11. The zero-order chi connectivity index (χ0) is 13.3. The molecule has 3 heteroatoms. The molecule has 2 atom stereocenters. The molecule has 0 bridgehead atoms. The summed E-state index contributed by atoms with van der Waals surface area (Å²) in [6, 6.07) is 9.59. The van der Waals surface area contributed by atoms with E-state index in [2.05, 4.69) is 17.1 Å². The number of esters is 1. The van der Waals surface area contributed by atoms with Gasteiger partial charge in [-0.15, -0.1) is 0 Å². The van der Waals surface area contributed by atoms with Crippen molar-refractivity contribution in [1.29, 1.82) is 0 Å². The average Bonchev–Trinajstić information content (AvgIpc) is 2.78. The molecule has 98 valence electrons. The van der Waals surface area contributed by atoms with Crippen LogP contribution in [0.1, 0.15) is 31.7 Å². The number of ether oxygens (including phenoxy) is 1. The highest BCUT2D eigenvalue weighted by molar-refractivity contribution is 6.08. The number of hydrogen-bond acceptors (Lipinski definition) is 3. The third kappa shape index (κ3) is 2.09. The van der Waals surface area contributed by atoms with Gasteiger partial charge in [-0.3, -0.25) is 0 Å². The average molecular weight is 255 g/mol. The molecule has 1 aromatic rings. The molecule has 0 saturated heterocycles. The van der Waals surface area contributed by atoms with E-state index < -0.39 is 5.54 Å². The molecule has 1 aliphatic carbocycles. The minimum atomic E-state index is -0.762. The van der Waals surface area contributed by atoms with Crippen molar-refractivity contribution in [3.8, 4) is 0 Å². The molecule has 0 N–H and O–H groups in total. The molecular formula is C16H17NO2. The third-order valence-corrected chi connectivity index (χ3v) is 3.93. The van der Waals surface area contributed by atoms with E-state index in [0.717, 1.165) is 24.8 Å². The minimum absolute atomic E-state index is 0.148. The highest BCUT2D eigenvalue weighted by Crippen LogP contribution is 2.36. The van der Waals surface area contributed by atoms with Crippen molar-refractivity contribution >= 4 is 11.9 Å². The van der Waals surface area contributed by atoms with Crippen molar-refractivity contribution in [2.24, 2.45) is 10.9 Å². The van der Waals surface area contributed by atoms with Crippen LogP contribution in [0.2, 0.25) is 0 Å². The Morgan fingerprint density at radius 1 is 1.32 bits per heavy atom. The molecule has 0 saturated carbocycles. The maximum absolute atomic E-state index is 12.2. The van der Waals surface area contributed by atoms with Crippen molar-refractivity contribution in [2.75, 3.05) is 0 Å². The molecule has 0 aromatic heterocycles. The summed E-state index contributed by atoms with van der Waals surface area (Å²) >= 11 is 0. The monoisotopic (exact) mass is 255 g/mol. The van der Waals surface area contributed by atoms with Gasteiger partial charge in [0.15, 0.2) is 5.54 Å². The van der Waals surface area contributed by atoms with E-state index in [1.165, 1.54) is 0 Å². The first-order valence-electron chi connectivity index (χ1n) is 6.74. The lowest BCUT2D eigenvalue weighted by Gasteiger charge is -2.27. The summed E-state index contributed by atoms with van der Waals surface area (Å²) in [6.07, 6.45) is 7.45. The van der Waals surface area contributed by atoms with Crippen molar-refractivity contribution in [2.45, 2.75) is 31.7 Å². The lowest BCUT2D eigenvalue weighted by molar-refractivity contribution is -0.139. The van der Waals surface area contributed by atoms with Gasteiger partial charge in [-0.05, 0) is 38.3 Å². The van der Waals surface area contributed by atoms with Gasteiger partial charge in [0.2, 0.25) is 5.90 Å². The van der Waals surface area contributed by atoms with Gasteiger partial charge >= 0.3 is 5.97 Å². The number of carbonyl (C=O) groups excluding carboxylic acids is 1. The van der Waals surface area contributed by atoms with Crippen LogP contribution in [0.25, 0.3) is 0 Å². The Kier molecular flexibility index (Phi) is 2.97. The van der Waals surface area contributed by atoms with Gasteiger partial charge in [-0.2, -0.15) is 0 Å². The number of aliphatic imine (C=N–C) groups is 1. The maximum Gasteiger partial charge on any atom is 0.341 e. The third-order valence-electron chi connectivity index (χ3n) is 3.93. The summed E-state index contributed by atoms with van der Waals surface area (Å²) in [5.41, 5.74) is 0.0987. The lowest BCUT2D eigenvalue weighted by atomic mass is 9.80. The first-order valence-corrected chi connectivity index (χ1v) is 6.74. The number of hydrogen-bond donors (Lipinski definition) is 0. The zero-order valence-corrected chi connectivity index (χ0v) is 11.0. The second-order valence-corrected chi connectivity index (χ2v) is 5.29.